The molecular weight excluding hydrogens is 414 g/mol. The number of nitrogens with zero attached hydrogens (tertiary/aromatic N) is 2. The number of halogens is 1. The number of carbonyl (C=O) groups is 2. The topological polar surface area (TPSA) is 71.5 Å². The van der Waals surface area contributed by atoms with Crippen molar-refractivity contribution >= 4 is 23.6 Å². The Morgan fingerprint density at radius 2 is 1.84 bits per heavy atom. The van der Waals surface area contributed by atoms with E-state index in [-0.39, 0.29) is 12.0 Å². The Morgan fingerprint density at radius 3 is 2.48 bits per heavy atom. The molecule has 0 atom stereocenters. The van der Waals surface area contributed by atoms with Crippen LogP contribution in [0.25, 0.3) is 0 Å². The summed E-state index contributed by atoms with van der Waals surface area (Å²) in [7, 11) is 0. The van der Waals surface area contributed by atoms with Crippen LogP contribution in [0.4, 0.5) is 4.79 Å². The number of hydrogen-bond donors (Lipinski definition) is 1. The average Bonchev–Trinajstić information content (AvgIpc) is 2.71. The molecule has 0 saturated heterocycles. The van der Waals surface area contributed by atoms with Gasteiger partial charge >= 0.3 is 6.09 Å². The van der Waals surface area contributed by atoms with Gasteiger partial charge < -0.3 is 15.0 Å². The Hall–Kier alpha value is -2.60. The van der Waals surface area contributed by atoms with Crippen LogP contribution >= 0.6 is 11.6 Å². The fraction of sp³-hybridized carbons (Fsp3) is 0.458. The number of carbonyl (C=O) groups excluding carboxylic acids is 2. The molecule has 0 spiro atoms. The van der Waals surface area contributed by atoms with Crippen molar-refractivity contribution < 1.29 is 14.3 Å². The maximum Gasteiger partial charge on any atom is 0.410 e. The second-order valence-corrected chi connectivity index (χ2v) is 8.88. The Kier molecular flexibility index (Phi) is 9.79. The highest BCUT2D eigenvalue weighted by atomic mass is 35.5. The zero-order valence-electron chi connectivity index (χ0n) is 18.6. The summed E-state index contributed by atoms with van der Waals surface area (Å²) in [4.78, 5) is 30.4. The number of ether oxygens (including phenoxy) is 1. The van der Waals surface area contributed by atoms with E-state index in [2.05, 4.69) is 10.3 Å². The van der Waals surface area contributed by atoms with Crippen LogP contribution in [-0.2, 0) is 22.5 Å². The lowest BCUT2D eigenvalue weighted by Gasteiger charge is -2.27. The number of nitrogens with one attached hydrogen (secondary N) is 1. The molecule has 6 nitrogen and oxygen atoms in total. The number of aryl methyl sites for hydroxylation is 1. The average molecular weight is 446 g/mol. The molecule has 1 N–H and O–H groups in total. The molecule has 1 heterocycles. The van der Waals surface area contributed by atoms with Gasteiger partial charge in [0.1, 0.15) is 5.60 Å². The van der Waals surface area contributed by atoms with Gasteiger partial charge in [-0.25, -0.2) is 4.79 Å². The summed E-state index contributed by atoms with van der Waals surface area (Å²) >= 11 is 5.89. The minimum atomic E-state index is -0.567. The van der Waals surface area contributed by atoms with Gasteiger partial charge in [-0.1, -0.05) is 29.8 Å². The number of benzene rings is 1. The number of amides is 2. The van der Waals surface area contributed by atoms with Gasteiger partial charge in [-0.05, 0) is 69.4 Å². The van der Waals surface area contributed by atoms with Crippen LogP contribution < -0.4 is 5.32 Å². The molecule has 31 heavy (non-hydrogen) atoms. The third-order valence-corrected chi connectivity index (χ3v) is 4.71. The summed E-state index contributed by atoms with van der Waals surface area (Å²) in [6, 6.07) is 11.4. The van der Waals surface area contributed by atoms with E-state index in [1.165, 1.54) is 5.56 Å². The normalized spacial score (nSPS) is 11.1. The van der Waals surface area contributed by atoms with Crippen molar-refractivity contribution in [2.75, 3.05) is 13.1 Å². The second kappa shape index (κ2) is 12.3. The minimum Gasteiger partial charge on any atom is -0.444 e. The molecule has 2 aromatic rings. The van der Waals surface area contributed by atoms with Crippen molar-refractivity contribution in [1.82, 2.24) is 15.2 Å². The smallest absolute Gasteiger partial charge is 0.410 e. The number of rotatable bonds is 10. The van der Waals surface area contributed by atoms with Crippen LogP contribution in [0.3, 0.4) is 0 Å². The zero-order valence-corrected chi connectivity index (χ0v) is 19.3. The molecule has 168 valence electrons. The summed E-state index contributed by atoms with van der Waals surface area (Å²) in [5.74, 6) is 0.0186. The van der Waals surface area contributed by atoms with Crippen LogP contribution in [-0.4, -0.2) is 40.6 Å². The number of pyridine rings is 1. The van der Waals surface area contributed by atoms with Gasteiger partial charge in [0, 0.05) is 36.9 Å². The number of hydrogen-bond acceptors (Lipinski definition) is 4. The number of aromatic nitrogens is 1. The largest absolute Gasteiger partial charge is 0.444 e. The first kappa shape index (κ1) is 24.7. The fourth-order valence-corrected chi connectivity index (χ4v) is 3.09. The molecule has 1 aromatic carbocycles. The summed E-state index contributed by atoms with van der Waals surface area (Å²) < 4.78 is 5.52. The van der Waals surface area contributed by atoms with Crippen molar-refractivity contribution in [3.05, 3.63) is 64.9 Å². The summed E-state index contributed by atoms with van der Waals surface area (Å²) in [6.45, 7) is 6.94. The van der Waals surface area contributed by atoms with Crippen molar-refractivity contribution in [3.8, 4) is 0 Å². The Morgan fingerprint density at radius 1 is 1.10 bits per heavy atom. The second-order valence-electron chi connectivity index (χ2n) is 8.45. The van der Waals surface area contributed by atoms with E-state index in [0.29, 0.717) is 37.5 Å². The monoisotopic (exact) mass is 445 g/mol. The highest BCUT2D eigenvalue weighted by Crippen LogP contribution is 2.13. The molecule has 0 saturated carbocycles. The molecule has 0 aliphatic carbocycles. The van der Waals surface area contributed by atoms with Gasteiger partial charge in [0.05, 0.1) is 6.54 Å². The van der Waals surface area contributed by atoms with Crippen molar-refractivity contribution in [1.29, 1.82) is 0 Å². The summed E-state index contributed by atoms with van der Waals surface area (Å²) in [5.41, 5.74) is 1.53. The Labute approximate surface area is 190 Å². The molecule has 2 amide bonds. The Bertz CT molecular complexity index is 820. The molecule has 0 bridgehead atoms. The molecule has 1 aromatic heterocycles. The Balaban J connectivity index is 1.74. The van der Waals surface area contributed by atoms with E-state index in [9.17, 15) is 9.59 Å². The van der Waals surface area contributed by atoms with Crippen LogP contribution in [0.15, 0.2) is 48.8 Å². The first-order valence-corrected chi connectivity index (χ1v) is 11.0. The molecule has 0 radical (unpaired) electrons. The maximum absolute atomic E-state index is 12.6. The van der Waals surface area contributed by atoms with E-state index in [1.54, 1.807) is 17.3 Å². The van der Waals surface area contributed by atoms with Crippen molar-refractivity contribution in [2.24, 2.45) is 0 Å². The van der Waals surface area contributed by atoms with Crippen molar-refractivity contribution in [3.63, 3.8) is 0 Å². The van der Waals surface area contributed by atoms with Gasteiger partial charge in [-0.15, -0.1) is 0 Å². The van der Waals surface area contributed by atoms with E-state index < -0.39 is 5.60 Å². The van der Waals surface area contributed by atoms with Gasteiger partial charge in [-0.3, -0.25) is 9.78 Å². The molecule has 0 unspecified atom stereocenters. The first-order valence-electron chi connectivity index (χ1n) is 10.6. The lowest BCUT2D eigenvalue weighted by molar-refractivity contribution is -0.121. The third kappa shape index (κ3) is 10.3. The summed E-state index contributed by atoms with van der Waals surface area (Å²) in [5, 5.41) is 3.65. The maximum atomic E-state index is 12.6. The van der Waals surface area contributed by atoms with Crippen LogP contribution in [0.2, 0.25) is 5.02 Å². The molecule has 0 fully saturated rings. The van der Waals surface area contributed by atoms with E-state index in [4.69, 9.17) is 16.3 Å². The van der Waals surface area contributed by atoms with Crippen molar-refractivity contribution in [2.45, 2.75) is 58.6 Å². The standard InChI is InChI=1S/C24H32ClN3O3/c1-24(2,3)31-23(30)28(18-20-8-5-14-26-17-20)16-6-15-27-22(29)9-4-7-19-10-12-21(25)13-11-19/h5,8,10-14,17H,4,6-7,9,15-16,18H2,1-3H3,(H,27,29). The van der Waals surface area contributed by atoms with Gasteiger partial charge in [0.15, 0.2) is 0 Å². The zero-order chi connectivity index (χ0) is 22.7. The highest BCUT2D eigenvalue weighted by Gasteiger charge is 2.22. The van der Waals surface area contributed by atoms with E-state index in [0.717, 1.165) is 18.4 Å². The van der Waals surface area contributed by atoms with Crippen LogP contribution in [0.1, 0.15) is 51.2 Å². The van der Waals surface area contributed by atoms with Crippen LogP contribution in [0, 0.1) is 0 Å². The minimum absolute atomic E-state index is 0.0186. The summed E-state index contributed by atoms with van der Waals surface area (Å²) in [6.07, 6.45) is 5.78. The third-order valence-electron chi connectivity index (χ3n) is 4.46. The quantitative estimate of drug-likeness (QED) is 0.522. The van der Waals surface area contributed by atoms with Gasteiger partial charge in [0.25, 0.3) is 0 Å². The predicted octanol–water partition coefficient (Wildman–Crippen LogP) is 5.00. The van der Waals surface area contributed by atoms with Crippen LogP contribution in [0.5, 0.6) is 0 Å². The molecule has 2 rings (SSSR count). The predicted molar refractivity (Wildman–Crippen MR) is 123 cm³/mol. The highest BCUT2D eigenvalue weighted by molar-refractivity contribution is 6.30. The molecule has 7 heteroatoms. The van der Waals surface area contributed by atoms with E-state index in [1.807, 2.05) is 57.2 Å². The molecule has 0 aliphatic heterocycles. The molecular formula is C24H32ClN3O3. The lowest BCUT2D eigenvalue weighted by atomic mass is 10.1. The first-order chi connectivity index (χ1) is 14.7. The fourth-order valence-electron chi connectivity index (χ4n) is 2.96. The van der Waals surface area contributed by atoms with E-state index >= 15 is 0 Å². The van der Waals surface area contributed by atoms with Gasteiger partial charge in [0.2, 0.25) is 5.91 Å². The lowest BCUT2D eigenvalue weighted by Crippen LogP contribution is -2.38. The van der Waals surface area contributed by atoms with Gasteiger partial charge in [-0.2, -0.15) is 0 Å². The molecule has 0 aliphatic rings. The SMILES string of the molecule is CC(C)(C)OC(=O)N(CCCNC(=O)CCCc1ccc(Cl)cc1)Cc1cccnc1.